The Labute approximate surface area is 127 Å². The monoisotopic (exact) mass is 302 g/mol. The Balaban J connectivity index is 2.32. The van der Waals surface area contributed by atoms with Crippen LogP contribution in [-0.4, -0.2) is 28.5 Å². The molecule has 1 aromatic heterocycles. The van der Waals surface area contributed by atoms with E-state index in [1.54, 1.807) is 18.3 Å². The summed E-state index contributed by atoms with van der Waals surface area (Å²) < 4.78 is 13.0. The highest BCUT2D eigenvalue weighted by Gasteiger charge is 2.20. The number of carbonyl (C=O) groups excluding carboxylic acids is 1. The quantitative estimate of drug-likeness (QED) is 0.921. The third kappa shape index (κ3) is 3.88. The van der Waals surface area contributed by atoms with Gasteiger partial charge >= 0.3 is 5.97 Å². The second kappa shape index (κ2) is 6.80. The van der Waals surface area contributed by atoms with Gasteiger partial charge in [0.25, 0.3) is 5.91 Å². The topological polar surface area (TPSA) is 70.5 Å². The number of anilines is 1. The molecule has 2 aromatic rings. The lowest BCUT2D eigenvalue weighted by atomic mass is 10.2. The number of hydrogen-bond acceptors (Lipinski definition) is 3. The summed E-state index contributed by atoms with van der Waals surface area (Å²) >= 11 is 0. The fourth-order valence-electron chi connectivity index (χ4n) is 1.94. The Bertz CT molecular complexity index is 686. The van der Waals surface area contributed by atoms with Gasteiger partial charge in [-0.1, -0.05) is 0 Å². The molecule has 1 amide bonds. The molecule has 0 fully saturated rings. The number of benzene rings is 1. The van der Waals surface area contributed by atoms with Crippen LogP contribution in [0.15, 0.2) is 42.6 Å². The van der Waals surface area contributed by atoms with Crippen LogP contribution in [0, 0.1) is 12.7 Å². The standard InChI is InChI=1S/C16H15FN2O3/c1-11-6-8-18-14(10-11)19(9-7-15(20)21)16(22)12-2-4-13(17)5-3-12/h2-6,8,10H,7,9H2,1H3,(H,20,21). The maximum atomic E-state index is 13.0. The number of rotatable bonds is 5. The number of amides is 1. The average Bonchev–Trinajstić information content (AvgIpc) is 2.48. The maximum Gasteiger partial charge on any atom is 0.305 e. The third-order valence-corrected chi connectivity index (χ3v) is 3.06. The Morgan fingerprint density at radius 2 is 1.91 bits per heavy atom. The van der Waals surface area contributed by atoms with Crippen LogP contribution in [0.4, 0.5) is 10.2 Å². The van der Waals surface area contributed by atoms with Crippen LogP contribution in [0.5, 0.6) is 0 Å². The Morgan fingerprint density at radius 3 is 2.50 bits per heavy atom. The molecule has 1 heterocycles. The molecule has 0 radical (unpaired) electrons. The number of carbonyl (C=O) groups is 2. The smallest absolute Gasteiger partial charge is 0.305 e. The van der Waals surface area contributed by atoms with Gasteiger partial charge in [-0.25, -0.2) is 9.37 Å². The number of aliphatic carboxylic acids is 1. The molecule has 2 rings (SSSR count). The summed E-state index contributed by atoms with van der Waals surface area (Å²) in [6.07, 6.45) is 1.35. The molecule has 0 atom stereocenters. The SMILES string of the molecule is Cc1ccnc(N(CCC(=O)O)C(=O)c2ccc(F)cc2)c1. The number of carboxylic acid groups (broad SMARTS) is 1. The van der Waals surface area contributed by atoms with Crippen molar-refractivity contribution < 1.29 is 19.1 Å². The van der Waals surface area contributed by atoms with Gasteiger partial charge in [0, 0.05) is 18.3 Å². The van der Waals surface area contributed by atoms with Crippen molar-refractivity contribution in [3.8, 4) is 0 Å². The lowest BCUT2D eigenvalue weighted by Gasteiger charge is -2.21. The summed E-state index contributed by atoms with van der Waals surface area (Å²) in [6.45, 7) is 1.84. The molecule has 0 spiro atoms. The first kappa shape index (κ1) is 15.6. The Kier molecular flexibility index (Phi) is 4.83. The molecule has 114 valence electrons. The molecule has 1 aromatic carbocycles. The molecule has 0 saturated carbocycles. The van der Waals surface area contributed by atoms with Gasteiger partial charge in [0.1, 0.15) is 11.6 Å². The first-order valence-electron chi connectivity index (χ1n) is 6.69. The Hall–Kier alpha value is -2.76. The molecule has 22 heavy (non-hydrogen) atoms. The van der Waals surface area contributed by atoms with Crippen molar-refractivity contribution in [2.75, 3.05) is 11.4 Å². The molecule has 1 N–H and O–H groups in total. The predicted octanol–water partition coefficient (Wildman–Crippen LogP) is 2.65. The summed E-state index contributed by atoms with van der Waals surface area (Å²) in [6, 6.07) is 8.57. The number of nitrogens with zero attached hydrogens (tertiary/aromatic N) is 2. The number of hydrogen-bond donors (Lipinski definition) is 1. The van der Waals surface area contributed by atoms with E-state index in [-0.39, 0.29) is 18.5 Å². The fourth-order valence-corrected chi connectivity index (χ4v) is 1.94. The van der Waals surface area contributed by atoms with Crippen LogP contribution in [0.3, 0.4) is 0 Å². The van der Waals surface area contributed by atoms with E-state index in [0.29, 0.717) is 5.82 Å². The van der Waals surface area contributed by atoms with E-state index >= 15 is 0 Å². The van der Waals surface area contributed by atoms with Crippen molar-refractivity contribution in [2.45, 2.75) is 13.3 Å². The number of halogens is 1. The minimum atomic E-state index is -1.01. The van der Waals surface area contributed by atoms with Crippen LogP contribution in [0.25, 0.3) is 0 Å². The first-order valence-corrected chi connectivity index (χ1v) is 6.69. The van der Waals surface area contributed by atoms with Crippen LogP contribution in [0.2, 0.25) is 0 Å². The molecule has 5 nitrogen and oxygen atoms in total. The normalized spacial score (nSPS) is 10.3. The van der Waals surface area contributed by atoms with Crippen LogP contribution in [-0.2, 0) is 4.79 Å². The summed E-state index contributed by atoms with van der Waals surface area (Å²) in [5.74, 6) is -1.50. The van der Waals surface area contributed by atoms with E-state index in [9.17, 15) is 14.0 Å². The summed E-state index contributed by atoms with van der Waals surface area (Å²) in [4.78, 5) is 28.8. The maximum absolute atomic E-state index is 13.0. The zero-order chi connectivity index (χ0) is 16.1. The number of aryl methyl sites for hydroxylation is 1. The lowest BCUT2D eigenvalue weighted by molar-refractivity contribution is -0.136. The second-order valence-corrected chi connectivity index (χ2v) is 4.80. The first-order chi connectivity index (χ1) is 10.5. The van der Waals surface area contributed by atoms with E-state index in [4.69, 9.17) is 5.11 Å². The largest absolute Gasteiger partial charge is 0.481 e. The van der Waals surface area contributed by atoms with Gasteiger partial charge in [0.15, 0.2) is 0 Å². The van der Waals surface area contributed by atoms with Crippen LogP contribution >= 0.6 is 0 Å². The second-order valence-electron chi connectivity index (χ2n) is 4.80. The average molecular weight is 302 g/mol. The van der Waals surface area contributed by atoms with E-state index in [0.717, 1.165) is 5.56 Å². The molecule has 0 bridgehead atoms. The van der Waals surface area contributed by atoms with Crippen LogP contribution in [0.1, 0.15) is 22.3 Å². The number of pyridine rings is 1. The third-order valence-electron chi connectivity index (χ3n) is 3.06. The van der Waals surface area contributed by atoms with E-state index in [1.807, 2.05) is 6.92 Å². The highest BCUT2D eigenvalue weighted by atomic mass is 19.1. The molecular formula is C16H15FN2O3. The van der Waals surface area contributed by atoms with Crippen molar-refractivity contribution in [3.05, 3.63) is 59.5 Å². The zero-order valence-electron chi connectivity index (χ0n) is 12.0. The predicted molar refractivity (Wildman–Crippen MR) is 79.3 cm³/mol. The van der Waals surface area contributed by atoms with E-state index in [1.165, 1.54) is 29.2 Å². The number of carboxylic acids is 1. The molecule has 0 aliphatic heterocycles. The summed E-state index contributed by atoms with van der Waals surface area (Å²) in [5, 5.41) is 8.84. The highest BCUT2D eigenvalue weighted by Crippen LogP contribution is 2.17. The van der Waals surface area contributed by atoms with Gasteiger partial charge < -0.3 is 5.11 Å². The molecule has 0 unspecified atom stereocenters. The Morgan fingerprint density at radius 1 is 1.23 bits per heavy atom. The van der Waals surface area contributed by atoms with Gasteiger partial charge in [0.2, 0.25) is 0 Å². The van der Waals surface area contributed by atoms with Crippen molar-refractivity contribution in [2.24, 2.45) is 0 Å². The fraction of sp³-hybridized carbons (Fsp3) is 0.188. The number of aromatic nitrogens is 1. The minimum absolute atomic E-state index is 0.0119. The van der Waals surface area contributed by atoms with Gasteiger partial charge in [-0.05, 0) is 48.9 Å². The van der Waals surface area contributed by atoms with Gasteiger partial charge in [-0.3, -0.25) is 14.5 Å². The lowest BCUT2D eigenvalue weighted by Crippen LogP contribution is -2.33. The molecular weight excluding hydrogens is 287 g/mol. The minimum Gasteiger partial charge on any atom is -0.481 e. The van der Waals surface area contributed by atoms with Crippen molar-refractivity contribution >= 4 is 17.7 Å². The van der Waals surface area contributed by atoms with E-state index in [2.05, 4.69) is 4.98 Å². The zero-order valence-corrected chi connectivity index (χ0v) is 12.0. The van der Waals surface area contributed by atoms with Gasteiger partial charge in [-0.15, -0.1) is 0 Å². The van der Waals surface area contributed by atoms with Crippen molar-refractivity contribution in [1.29, 1.82) is 0 Å². The molecule has 0 aliphatic carbocycles. The van der Waals surface area contributed by atoms with Crippen LogP contribution < -0.4 is 4.90 Å². The summed E-state index contributed by atoms with van der Waals surface area (Å²) in [7, 11) is 0. The highest BCUT2D eigenvalue weighted by molar-refractivity contribution is 6.05. The summed E-state index contributed by atoms with van der Waals surface area (Å²) in [5.41, 5.74) is 1.17. The molecule has 6 heteroatoms. The van der Waals surface area contributed by atoms with Crippen molar-refractivity contribution in [1.82, 2.24) is 4.98 Å². The van der Waals surface area contributed by atoms with Gasteiger partial charge in [0.05, 0.1) is 6.42 Å². The van der Waals surface area contributed by atoms with E-state index < -0.39 is 17.7 Å². The van der Waals surface area contributed by atoms with Gasteiger partial charge in [-0.2, -0.15) is 0 Å². The molecule has 0 saturated heterocycles. The molecule has 0 aliphatic rings. The van der Waals surface area contributed by atoms with Crippen molar-refractivity contribution in [3.63, 3.8) is 0 Å².